The van der Waals surface area contributed by atoms with Gasteiger partial charge in [-0.05, 0) is 74.6 Å². The van der Waals surface area contributed by atoms with E-state index in [0.717, 1.165) is 50.2 Å². The summed E-state index contributed by atoms with van der Waals surface area (Å²) >= 11 is 0. The molecule has 0 radical (unpaired) electrons. The molecular weight excluding hydrogens is 350 g/mol. The van der Waals surface area contributed by atoms with E-state index in [1.54, 1.807) is 7.11 Å². The lowest BCUT2D eigenvalue weighted by atomic mass is 9.84. The number of carbonyl (C=O) groups excluding carboxylic acids is 1. The van der Waals surface area contributed by atoms with E-state index < -0.39 is 0 Å². The number of fused-ring (bicyclic) bond motifs is 2. The maximum atomic E-state index is 12.6. The van der Waals surface area contributed by atoms with Crippen molar-refractivity contribution in [2.24, 2.45) is 17.8 Å². The van der Waals surface area contributed by atoms with Crippen LogP contribution in [0.15, 0.2) is 24.3 Å². The predicted octanol–water partition coefficient (Wildman–Crippen LogP) is 3.15. The van der Waals surface area contributed by atoms with E-state index in [4.69, 9.17) is 4.74 Å². The average Bonchev–Trinajstić information content (AvgIpc) is 3.27. The number of nitrogens with zero attached hydrogens (tertiary/aromatic N) is 2. The van der Waals surface area contributed by atoms with Gasteiger partial charge in [-0.3, -0.25) is 9.69 Å². The van der Waals surface area contributed by atoms with Crippen LogP contribution < -0.4 is 15.0 Å². The van der Waals surface area contributed by atoms with E-state index in [2.05, 4.69) is 34.2 Å². The molecule has 2 bridgehead atoms. The zero-order valence-corrected chi connectivity index (χ0v) is 17.4. The number of benzene rings is 1. The van der Waals surface area contributed by atoms with E-state index in [1.807, 2.05) is 12.1 Å². The largest absolute Gasteiger partial charge is 0.497 e. The topological polar surface area (TPSA) is 44.8 Å². The van der Waals surface area contributed by atoms with Gasteiger partial charge in [0.2, 0.25) is 5.91 Å². The monoisotopic (exact) mass is 385 g/mol. The van der Waals surface area contributed by atoms with Crippen molar-refractivity contribution >= 4 is 11.6 Å². The average molecular weight is 386 g/mol. The molecule has 5 heteroatoms. The van der Waals surface area contributed by atoms with Crippen LogP contribution in [0.25, 0.3) is 0 Å². The number of ether oxygens (including phenoxy) is 1. The summed E-state index contributed by atoms with van der Waals surface area (Å²) in [5, 5.41) is 3.32. The SMILES string of the molecule is COc1ccc(N2CCCN(CC(=O)NC(C)C3CC4CCC3C4)CC2)cc1. The van der Waals surface area contributed by atoms with E-state index >= 15 is 0 Å². The summed E-state index contributed by atoms with van der Waals surface area (Å²) in [6.07, 6.45) is 6.61. The van der Waals surface area contributed by atoms with Crippen LogP contribution in [0.1, 0.15) is 39.0 Å². The molecule has 2 saturated carbocycles. The third-order valence-corrected chi connectivity index (χ3v) is 7.22. The van der Waals surface area contributed by atoms with Crippen molar-refractivity contribution in [1.29, 1.82) is 0 Å². The Labute approximate surface area is 169 Å². The van der Waals surface area contributed by atoms with Crippen molar-refractivity contribution in [3.05, 3.63) is 24.3 Å². The molecule has 4 atom stereocenters. The van der Waals surface area contributed by atoms with Gasteiger partial charge < -0.3 is 15.0 Å². The molecule has 1 N–H and O–H groups in total. The zero-order chi connectivity index (χ0) is 19.5. The summed E-state index contributed by atoms with van der Waals surface area (Å²) in [6, 6.07) is 8.60. The maximum absolute atomic E-state index is 12.6. The van der Waals surface area contributed by atoms with Crippen molar-refractivity contribution in [3.63, 3.8) is 0 Å². The highest BCUT2D eigenvalue weighted by molar-refractivity contribution is 5.78. The minimum atomic E-state index is 0.202. The van der Waals surface area contributed by atoms with Crippen molar-refractivity contribution in [1.82, 2.24) is 10.2 Å². The molecule has 1 amide bonds. The number of nitrogens with one attached hydrogen (secondary N) is 1. The number of amides is 1. The number of hydrogen-bond acceptors (Lipinski definition) is 4. The van der Waals surface area contributed by atoms with E-state index in [1.165, 1.54) is 31.4 Å². The van der Waals surface area contributed by atoms with Crippen LogP contribution in [0.4, 0.5) is 5.69 Å². The summed E-state index contributed by atoms with van der Waals surface area (Å²) in [6.45, 7) is 6.66. The third kappa shape index (κ3) is 4.45. The Morgan fingerprint density at radius 1 is 1.14 bits per heavy atom. The molecular formula is C23H35N3O2. The molecule has 0 aromatic heterocycles. The van der Waals surface area contributed by atoms with Crippen molar-refractivity contribution in [2.45, 2.75) is 45.1 Å². The Morgan fingerprint density at radius 2 is 1.96 bits per heavy atom. The van der Waals surface area contributed by atoms with Gasteiger partial charge in [-0.1, -0.05) is 6.42 Å². The molecule has 1 heterocycles. The van der Waals surface area contributed by atoms with Crippen LogP contribution in [-0.2, 0) is 4.79 Å². The lowest BCUT2D eigenvalue weighted by Gasteiger charge is -2.29. The first-order valence-corrected chi connectivity index (χ1v) is 11.0. The molecule has 1 aliphatic heterocycles. The highest BCUT2D eigenvalue weighted by Gasteiger charge is 2.42. The van der Waals surface area contributed by atoms with Gasteiger partial charge in [-0.15, -0.1) is 0 Å². The van der Waals surface area contributed by atoms with Crippen molar-refractivity contribution in [3.8, 4) is 5.75 Å². The number of rotatable bonds is 6. The fourth-order valence-corrected chi connectivity index (χ4v) is 5.70. The lowest BCUT2D eigenvalue weighted by Crippen LogP contribution is -2.45. The fourth-order valence-electron chi connectivity index (χ4n) is 5.70. The van der Waals surface area contributed by atoms with Crippen LogP contribution in [0.5, 0.6) is 5.75 Å². The highest BCUT2D eigenvalue weighted by atomic mass is 16.5. The minimum absolute atomic E-state index is 0.202. The zero-order valence-electron chi connectivity index (χ0n) is 17.4. The number of hydrogen-bond donors (Lipinski definition) is 1. The van der Waals surface area contributed by atoms with Gasteiger partial charge in [0.25, 0.3) is 0 Å². The molecule has 1 aromatic rings. The normalized spacial score (nSPS) is 28.8. The predicted molar refractivity (Wildman–Crippen MR) is 113 cm³/mol. The summed E-state index contributed by atoms with van der Waals surface area (Å²) < 4.78 is 5.26. The van der Waals surface area contributed by atoms with Gasteiger partial charge in [0.1, 0.15) is 5.75 Å². The quantitative estimate of drug-likeness (QED) is 0.817. The molecule has 154 valence electrons. The Balaban J connectivity index is 1.24. The molecule has 3 fully saturated rings. The molecule has 1 aromatic carbocycles. The molecule has 2 aliphatic carbocycles. The standard InChI is InChI=1S/C23H35N3O2/c1-17(22-15-18-4-5-19(22)14-18)24-23(27)16-25-10-3-11-26(13-12-25)20-6-8-21(28-2)9-7-20/h6-9,17-19,22H,3-5,10-16H2,1-2H3,(H,24,27). The second kappa shape index (κ2) is 8.73. The van der Waals surface area contributed by atoms with E-state index in [9.17, 15) is 4.79 Å². The number of anilines is 1. The number of carbonyl (C=O) groups is 1. The van der Waals surface area contributed by atoms with Crippen molar-refractivity contribution < 1.29 is 9.53 Å². The molecule has 1 saturated heterocycles. The Morgan fingerprint density at radius 3 is 2.64 bits per heavy atom. The molecule has 5 nitrogen and oxygen atoms in total. The first-order valence-electron chi connectivity index (χ1n) is 11.0. The summed E-state index contributed by atoms with van der Waals surface area (Å²) in [5.74, 6) is 3.59. The molecule has 28 heavy (non-hydrogen) atoms. The van der Waals surface area contributed by atoms with Gasteiger partial charge in [0.15, 0.2) is 0 Å². The molecule has 4 rings (SSSR count). The van der Waals surface area contributed by atoms with Crippen LogP contribution >= 0.6 is 0 Å². The third-order valence-electron chi connectivity index (χ3n) is 7.22. The Hall–Kier alpha value is -1.75. The second-order valence-corrected chi connectivity index (χ2v) is 9.01. The van der Waals surface area contributed by atoms with Gasteiger partial charge in [0, 0.05) is 37.9 Å². The maximum Gasteiger partial charge on any atom is 0.234 e. The first kappa shape index (κ1) is 19.6. The summed E-state index contributed by atoms with van der Waals surface area (Å²) in [4.78, 5) is 17.4. The molecule has 3 aliphatic rings. The van der Waals surface area contributed by atoms with Gasteiger partial charge in [-0.2, -0.15) is 0 Å². The number of methoxy groups -OCH3 is 1. The van der Waals surface area contributed by atoms with Crippen molar-refractivity contribution in [2.75, 3.05) is 44.7 Å². The van der Waals surface area contributed by atoms with Crippen LogP contribution in [-0.4, -0.2) is 56.7 Å². The molecule has 4 unspecified atom stereocenters. The minimum Gasteiger partial charge on any atom is -0.497 e. The van der Waals surface area contributed by atoms with Crippen LogP contribution in [0.3, 0.4) is 0 Å². The Bertz CT molecular complexity index is 662. The second-order valence-electron chi connectivity index (χ2n) is 9.01. The summed E-state index contributed by atoms with van der Waals surface area (Å²) in [5.41, 5.74) is 1.23. The Kier molecular flexibility index (Phi) is 6.10. The molecule has 0 spiro atoms. The van der Waals surface area contributed by atoms with Gasteiger partial charge in [-0.25, -0.2) is 0 Å². The highest BCUT2D eigenvalue weighted by Crippen LogP contribution is 2.49. The van der Waals surface area contributed by atoms with Gasteiger partial charge in [0.05, 0.1) is 13.7 Å². The summed E-state index contributed by atoms with van der Waals surface area (Å²) in [7, 11) is 1.70. The fraction of sp³-hybridized carbons (Fsp3) is 0.696. The smallest absolute Gasteiger partial charge is 0.234 e. The van der Waals surface area contributed by atoms with Crippen LogP contribution in [0.2, 0.25) is 0 Å². The van der Waals surface area contributed by atoms with Gasteiger partial charge >= 0.3 is 0 Å². The van der Waals surface area contributed by atoms with Crippen LogP contribution in [0, 0.1) is 17.8 Å². The lowest BCUT2D eigenvalue weighted by molar-refractivity contribution is -0.123. The van der Waals surface area contributed by atoms with E-state index in [0.29, 0.717) is 18.5 Å². The first-order chi connectivity index (χ1) is 13.6. The van der Waals surface area contributed by atoms with E-state index in [-0.39, 0.29) is 5.91 Å².